The highest BCUT2D eigenvalue weighted by atomic mass is 79.9. The van der Waals surface area contributed by atoms with Crippen molar-refractivity contribution in [1.29, 1.82) is 0 Å². The van der Waals surface area contributed by atoms with Gasteiger partial charge in [-0.05, 0) is 44.0 Å². The van der Waals surface area contributed by atoms with Gasteiger partial charge in [0.2, 0.25) is 0 Å². The van der Waals surface area contributed by atoms with Crippen LogP contribution >= 0.6 is 47.8 Å². The summed E-state index contributed by atoms with van der Waals surface area (Å²) in [5, 5.41) is 49.9. The molecule has 0 bridgehead atoms. The summed E-state index contributed by atoms with van der Waals surface area (Å²) in [4.78, 5) is 0. The predicted octanol–water partition coefficient (Wildman–Crippen LogP) is 3.83. The highest BCUT2D eigenvalue weighted by molar-refractivity contribution is 9.11. The van der Waals surface area contributed by atoms with Crippen molar-refractivity contribution < 1.29 is 30.3 Å². The third-order valence-electron chi connectivity index (χ3n) is 3.79. The maximum atomic E-state index is 10.4. The molecule has 5 N–H and O–H groups in total. The lowest BCUT2D eigenvalue weighted by Gasteiger charge is -2.33. The lowest BCUT2D eigenvalue weighted by molar-refractivity contribution is 0.0186. The quantitative estimate of drug-likeness (QED) is 0.361. The molecule has 6 nitrogen and oxygen atoms in total. The van der Waals surface area contributed by atoms with Gasteiger partial charge in [-0.25, -0.2) is 0 Å². The number of fused-ring (bicyclic) bond motifs is 1. The first-order valence-electron chi connectivity index (χ1n) is 6.70. The molecule has 0 fully saturated rings. The number of phenolic OH excluding ortho intramolecular Hbond substituents is 4. The van der Waals surface area contributed by atoms with Crippen molar-refractivity contribution in [1.82, 2.24) is 0 Å². The van der Waals surface area contributed by atoms with Crippen LogP contribution in [-0.2, 0) is 6.42 Å². The van der Waals surface area contributed by atoms with Crippen LogP contribution in [0.1, 0.15) is 17.2 Å². The molecule has 0 saturated heterocycles. The van der Waals surface area contributed by atoms with Gasteiger partial charge >= 0.3 is 0 Å². The summed E-state index contributed by atoms with van der Waals surface area (Å²) < 4.78 is 6.57. The van der Waals surface area contributed by atoms with E-state index in [4.69, 9.17) is 4.74 Å². The highest BCUT2D eigenvalue weighted by Gasteiger charge is 2.36. The van der Waals surface area contributed by atoms with E-state index in [-0.39, 0.29) is 44.1 Å². The van der Waals surface area contributed by atoms with Crippen LogP contribution in [-0.4, -0.2) is 31.6 Å². The fourth-order valence-corrected chi connectivity index (χ4v) is 4.37. The van der Waals surface area contributed by atoms with Crippen LogP contribution in [0.15, 0.2) is 25.6 Å². The maximum absolute atomic E-state index is 10.4. The Kier molecular flexibility index (Phi) is 4.63. The normalized spacial score (nSPS) is 19.7. The number of halogens is 3. The van der Waals surface area contributed by atoms with Gasteiger partial charge in [-0.2, -0.15) is 0 Å². The lowest BCUT2D eigenvalue weighted by atomic mass is 9.94. The second-order valence-electron chi connectivity index (χ2n) is 5.31. The van der Waals surface area contributed by atoms with Gasteiger partial charge in [0, 0.05) is 22.0 Å². The number of rotatable bonds is 1. The zero-order valence-corrected chi connectivity index (χ0v) is 16.6. The third kappa shape index (κ3) is 2.73. The molecule has 0 spiro atoms. The highest BCUT2D eigenvalue weighted by Crippen LogP contribution is 2.53. The smallest absolute Gasteiger partial charge is 0.158 e. The largest absolute Gasteiger partial charge is 0.506 e. The molecule has 1 heterocycles. The van der Waals surface area contributed by atoms with E-state index >= 15 is 0 Å². The van der Waals surface area contributed by atoms with E-state index in [1.807, 2.05) is 0 Å². The van der Waals surface area contributed by atoms with E-state index < -0.39 is 12.2 Å². The lowest BCUT2D eigenvalue weighted by Crippen LogP contribution is -2.31. The molecule has 0 radical (unpaired) electrons. The molecule has 2 aromatic carbocycles. The number of aliphatic hydroxyl groups is 1. The average Bonchev–Trinajstić information content (AvgIpc) is 2.54. The number of hydrogen-bond donors (Lipinski definition) is 5. The van der Waals surface area contributed by atoms with Crippen molar-refractivity contribution in [2.45, 2.75) is 18.6 Å². The average molecular weight is 527 g/mol. The van der Waals surface area contributed by atoms with Gasteiger partial charge in [0.25, 0.3) is 0 Å². The Balaban J connectivity index is 2.12. The van der Waals surface area contributed by atoms with Crippen LogP contribution < -0.4 is 4.74 Å². The molecular formula is C15H11Br3O6. The molecule has 2 aromatic rings. The van der Waals surface area contributed by atoms with E-state index in [1.165, 1.54) is 12.1 Å². The maximum Gasteiger partial charge on any atom is 0.158 e. The first kappa shape index (κ1) is 17.7. The number of hydrogen-bond acceptors (Lipinski definition) is 6. The minimum Gasteiger partial charge on any atom is -0.506 e. The number of ether oxygens (including phenoxy) is 1. The fraction of sp³-hybridized carbons (Fsp3) is 0.200. The molecule has 1 aliphatic heterocycles. The van der Waals surface area contributed by atoms with Crippen molar-refractivity contribution in [3.63, 3.8) is 0 Å². The van der Waals surface area contributed by atoms with Crippen molar-refractivity contribution in [3.05, 3.63) is 36.7 Å². The first-order valence-corrected chi connectivity index (χ1v) is 9.08. The van der Waals surface area contributed by atoms with Crippen LogP contribution in [0.25, 0.3) is 0 Å². The molecule has 0 unspecified atom stereocenters. The van der Waals surface area contributed by atoms with Gasteiger partial charge in [0.15, 0.2) is 23.4 Å². The van der Waals surface area contributed by atoms with E-state index in [1.54, 1.807) is 0 Å². The topological polar surface area (TPSA) is 110 Å². The van der Waals surface area contributed by atoms with E-state index in [9.17, 15) is 25.5 Å². The molecule has 1 aliphatic rings. The van der Waals surface area contributed by atoms with Crippen LogP contribution in [0.4, 0.5) is 0 Å². The Hall–Kier alpha value is -1.16. The molecule has 0 amide bonds. The van der Waals surface area contributed by atoms with Crippen molar-refractivity contribution in [3.8, 4) is 28.7 Å². The van der Waals surface area contributed by atoms with Crippen LogP contribution in [0, 0.1) is 0 Å². The summed E-state index contributed by atoms with van der Waals surface area (Å²) >= 11 is 9.56. The van der Waals surface area contributed by atoms with Gasteiger partial charge in [-0.15, -0.1) is 0 Å². The van der Waals surface area contributed by atoms with Crippen molar-refractivity contribution >= 4 is 47.8 Å². The molecule has 3 rings (SSSR count). The van der Waals surface area contributed by atoms with E-state index in [2.05, 4.69) is 47.8 Å². The summed E-state index contributed by atoms with van der Waals surface area (Å²) in [7, 11) is 0. The van der Waals surface area contributed by atoms with Gasteiger partial charge in [-0.1, -0.05) is 15.9 Å². The van der Waals surface area contributed by atoms with Crippen LogP contribution in [0.3, 0.4) is 0 Å². The Bertz CT molecular complexity index is 839. The standard InChI is InChI=1S/C15H11Br3O6/c16-6-3-8(20)7(19)1-4(6)14-9(21)2-5-12(22)10(17)13(23)11(18)15(5)24-14/h1,3,9,14,19-23H,2H2/t9-,14-/m1/s1. The molecular weight excluding hydrogens is 516 g/mol. The van der Waals surface area contributed by atoms with Crippen LogP contribution in [0.5, 0.6) is 28.7 Å². The molecule has 0 aliphatic carbocycles. The van der Waals surface area contributed by atoms with Crippen molar-refractivity contribution in [2.75, 3.05) is 0 Å². The third-order valence-corrected chi connectivity index (χ3v) is 5.96. The van der Waals surface area contributed by atoms with E-state index in [0.717, 1.165) is 0 Å². The predicted molar refractivity (Wildman–Crippen MR) is 95.7 cm³/mol. The Morgan fingerprint density at radius 1 is 0.917 bits per heavy atom. The number of benzene rings is 2. The molecule has 9 heteroatoms. The van der Waals surface area contributed by atoms with E-state index in [0.29, 0.717) is 15.6 Å². The first-order chi connectivity index (χ1) is 11.2. The monoisotopic (exact) mass is 524 g/mol. The SMILES string of the molecule is Oc1cc(Br)c([C@H]2Oc3c(Br)c(O)c(Br)c(O)c3C[C@H]2O)cc1O. The molecule has 0 aromatic heterocycles. The van der Waals surface area contributed by atoms with Gasteiger partial charge in [0.1, 0.15) is 20.4 Å². The Morgan fingerprint density at radius 3 is 2.21 bits per heavy atom. The van der Waals surface area contributed by atoms with Crippen molar-refractivity contribution in [2.24, 2.45) is 0 Å². The van der Waals surface area contributed by atoms with Gasteiger partial charge in [0.05, 0.1) is 6.10 Å². The number of aliphatic hydroxyl groups excluding tert-OH is 1. The summed E-state index contributed by atoms with van der Waals surface area (Å²) in [5.41, 5.74) is 0.756. The van der Waals surface area contributed by atoms with Gasteiger partial charge in [-0.3, -0.25) is 0 Å². The Morgan fingerprint density at radius 2 is 1.54 bits per heavy atom. The number of aromatic hydroxyl groups is 4. The minimum absolute atomic E-state index is 0.0669. The Labute approximate surface area is 161 Å². The number of phenols is 4. The molecule has 2 atom stereocenters. The summed E-state index contributed by atoms with van der Waals surface area (Å²) in [5.74, 6) is -0.903. The molecule has 24 heavy (non-hydrogen) atoms. The zero-order valence-electron chi connectivity index (χ0n) is 11.8. The summed E-state index contributed by atoms with van der Waals surface area (Å²) in [6, 6.07) is 2.58. The fourth-order valence-electron chi connectivity index (χ4n) is 2.58. The van der Waals surface area contributed by atoms with Gasteiger partial charge < -0.3 is 30.3 Å². The summed E-state index contributed by atoms with van der Waals surface area (Å²) in [6.45, 7) is 0. The second kappa shape index (κ2) is 6.29. The molecule has 0 saturated carbocycles. The van der Waals surface area contributed by atoms with Crippen LogP contribution in [0.2, 0.25) is 0 Å². The minimum atomic E-state index is -1.02. The zero-order chi connectivity index (χ0) is 17.8. The summed E-state index contributed by atoms with van der Waals surface area (Å²) in [6.07, 6.45) is -1.83. The molecule has 128 valence electrons. The second-order valence-corrected chi connectivity index (χ2v) is 7.75.